The smallest absolute Gasteiger partial charge is 0.263 e. The minimum atomic E-state index is -2.46. The van der Waals surface area contributed by atoms with Crippen LogP contribution < -0.4 is 4.90 Å². The molecule has 0 saturated carbocycles. The molecule has 0 aliphatic carbocycles. The number of aromatic nitrogens is 6. The van der Waals surface area contributed by atoms with Crippen LogP contribution in [0.4, 0.5) is 14.6 Å². The molecule has 214 valence electrons. The SMILES string of the molecule is Cc1nc2c(N3C[C@@H](C)N([C@@H](c4ccc(C(F)F)cc4)C(C)C)C[C@@H]3C)nc3nncn3c2n1CC1CCCO1. The number of benzene rings is 1. The molecule has 0 bridgehead atoms. The van der Waals surface area contributed by atoms with Crippen molar-refractivity contribution >= 4 is 22.8 Å². The van der Waals surface area contributed by atoms with Crippen molar-refractivity contribution in [1.29, 1.82) is 0 Å². The van der Waals surface area contributed by atoms with Gasteiger partial charge in [-0.3, -0.25) is 4.90 Å². The fourth-order valence-electron chi connectivity index (χ4n) is 6.59. The number of hydrogen-bond acceptors (Lipinski definition) is 7. The molecule has 2 aliphatic rings. The monoisotopic (exact) mass is 552 g/mol. The third-order valence-electron chi connectivity index (χ3n) is 8.54. The lowest BCUT2D eigenvalue weighted by Crippen LogP contribution is -2.58. The first kappa shape index (κ1) is 27.0. The van der Waals surface area contributed by atoms with Gasteiger partial charge in [-0.2, -0.15) is 4.98 Å². The molecule has 2 aliphatic heterocycles. The van der Waals surface area contributed by atoms with E-state index in [9.17, 15) is 8.78 Å². The molecule has 1 unspecified atom stereocenters. The van der Waals surface area contributed by atoms with Crippen LogP contribution >= 0.6 is 0 Å². The summed E-state index contributed by atoms with van der Waals surface area (Å²) in [6, 6.07) is 7.30. The lowest BCUT2D eigenvalue weighted by molar-refractivity contribution is 0.0821. The number of anilines is 1. The van der Waals surface area contributed by atoms with Gasteiger partial charge in [0.25, 0.3) is 12.2 Å². The highest BCUT2D eigenvalue weighted by Gasteiger charge is 2.37. The fraction of sp³-hybridized carbons (Fsp3) is 0.586. The number of aryl methyl sites for hydroxylation is 1. The van der Waals surface area contributed by atoms with Gasteiger partial charge in [0.2, 0.25) is 0 Å². The number of alkyl halides is 2. The summed E-state index contributed by atoms with van der Waals surface area (Å²) < 4.78 is 36.5. The largest absolute Gasteiger partial charge is 0.376 e. The summed E-state index contributed by atoms with van der Waals surface area (Å²) in [5.74, 6) is 2.61. The van der Waals surface area contributed by atoms with Crippen LogP contribution in [0.1, 0.15) is 70.0 Å². The van der Waals surface area contributed by atoms with Gasteiger partial charge in [0.1, 0.15) is 17.7 Å². The van der Waals surface area contributed by atoms with E-state index < -0.39 is 6.43 Å². The van der Waals surface area contributed by atoms with Crippen LogP contribution in [0, 0.1) is 12.8 Å². The predicted octanol–water partition coefficient (Wildman–Crippen LogP) is 5.20. The second-order valence-corrected chi connectivity index (χ2v) is 11.7. The molecule has 4 aromatic rings. The molecule has 4 atom stereocenters. The summed E-state index contributed by atoms with van der Waals surface area (Å²) in [6.45, 7) is 14.0. The topological polar surface area (TPSA) is 76.6 Å². The standard InChI is InChI=1S/C29H38F2N8O/c1-17(2)25(21-8-10-22(11-9-21)26(30)31)36-13-19(4)37(14-18(36)3)27-24-28(39-16-32-35-29(39)34-27)38(20(5)33-24)15-23-7-6-12-40-23/h8-11,16-19,23,25-26H,6-7,12-15H2,1-5H3/t18-,19+,23?,25-/m1/s1. The van der Waals surface area contributed by atoms with Gasteiger partial charge in [-0.05, 0) is 45.1 Å². The summed E-state index contributed by atoms with van der Waals surface area (Å²) in [5, 5.41) is 8.48. The number of fused-ring (bicyclic) bond motifs is 3. The highest BCUT2D eigenvalue weighted by Crippen LogP contribution is 2.37. The van der Waals surface area contributed by atoms with E-state index in [0.717, 1.165) is 67.5 Å². The minimum Gasteiger partial charge on any atom is -0.376 e. The van der Waals surface area contributed by atoms with Crippen LogP contribution in [0.25, 0.3) is 16.9 Å². The Morgan fingerprint density at radius 1 is 1.02 bits per heavy atom. The van der Waals surface area contributed by atoms with Crippen molar-refractivity contribution in [2.24, 2.45) is 5.92 Å². The van der Waals surface area contributed by atoms with E-state index in [0.29, 0.717) is 11.7 Å². The van der Waals surface area contributed by atoms with Gasteiger partial charge < -0.3 is 14.2 Å². The first-order valence-corrected chi connectivity index (χ1v) is 14.3. The number of piperazine rings is 1. The quantitative estimate of drug-likeness (QED) is 0.312. The Hall–Kier alpha value is -3.18. The zero-order valence-electron chi connectivity index (χ0n) is 23.8. The van der Waals surface area contributed by atoms with Crippen molar-refractivity contribution < 1.29 is 13.5 Å². The first-order chi connectivity index (χ1) is 19.2. The number of hydrogen-bond donors (Lipinski definition) is 0. The van der Waals surface area contributed by atoms with Gasteiger partial charge in [0.15, 0.2) is 11.5 Å². The maximum Gasteiger partial charge on any atom is 0.263 e. The van der Waals surface area contributed by atoms with Crippen LogP contribution in [-0.2, 0) is 11.3 Å². The van der Waals surface area contributed by atoms with E-state index in [2.05, 4.69) is 52.3 Å². The average molecular weight is 553 g/mol. The van der Waals surface area contributed by atoms with Gasteiger partial charge in [-0.25, -0.2) is 18.2 Å². The lowest BCUT2D eigenvalue weighted by Gasteiger charge is -2.49. The molecule has 2 fully saturated rings. The third kappa shape index (κ3) is 4.72. The Bertz CT molecular complexity index is 1480. The van der Waals surface area contributed by atoms with E-state index in [1.165, 1.54) is 0 Å². The summed E-state index contributed by atoms with van der Waals surface area (Å²) in [6.07, 6.45) is 1.54. The molecule has 0 amide bonds. The van der Waals surface area contributed by atoms with Crippen LogP contribution in [0.3, 0.4) is 0 Å². The molecular formula is C29H38F2N8O. The van der Waals surface area contributed by atoms with Crippen molar-refractivity contribution in [3.8, 4) is 0 Å². The zero-order chi connectivity index (χ0) is 28.1. The van der Waals surface area contributed by atoms with E-state index in [1.807, 2.05) is 23.5 Å². The normalized spacial score (nSPS) is 23.3. The summed E-state index contributed by atoms with van der Waals surface area (Å²) in [7, 11) is 0. The molecular weight excluding hydrogens is 514 g/mol. The number of ether oxygens (including phenoxy) is 1. The maximum absolute atomic E-state index is 13.2. The molecule has 5 heterocycles. The van der Waals surface area contributed by atoms with Crippen molar-refractivity contribution in [3.63, 3.8) is 0 Å². The van der Waals surface area contributed by atoms with Gasteiger partial charge in [-0.1, -0.05) is 38.1 Å². The highest BCUT2D eigenvalue weighted by atomic mass is 19.3. The molecule has 6 rings (SSSR count). The molecule has 0 radical (unpaired) electrons. The molecule has 1 aromatic carbocycles. The Balaban J connectivity index is 1.34. The van der Waals surface area contributed by atoms with Gasteiger partial charge in [0, 0.05) is 43.4 Å². The number of halogens is 2. The van der Waals surface area contributed by atoms with Gasteiger partial charge in [-0.15, -0.1) is 10.2 Å². The fourth-order valence-corrected chi connectivity index (χ4v) is 6.59. The average Bonchev–Trinajstić information content (AvgIpc) is 3.67. The first-order valence-electron chi connectivity index (χ1n) is 14.3. The molecule has 3 aromatic heterocycles. The Labute approximate surface area is 233 Å². The molecule has 11 heteroatoms. The van der Waals surface area contributed by atoms with Crippen molar-refractivity contribution in [2.75, 3.05) is 24.6 Å². The molecule has 0 N–H and O–H groups in total. The molecule has 9 nitrogen and oxygen atoms in total. The highest BCUT2D eigenvalue weighted by molar-refractivity contribution is 5.87. The van der Waals surface area contributed by atoms with E-state index >= 15 is 0 Å². The van der Waals surface area contributed by atoms with E-state index in [-0.39, 0.29) is 29.8 Å². The van der Waals surface area contributed by atoms with Crippen molar-refractivity contribution in [1.82, 2.24) is 34.0 Å². The molecule has 0 spiro atoms. The van der Waals surface area contributed by atoms with Gasteiger partial charge in [0.05, 0.1) is 12.6 Å². The number of imidazole rings is 1. The van der Waals surface area contributed by atoms with E-state index in [1.54, 1.807) is 18.5 Å². The predicted molar refractivity (Wildman–Crippen MR) is 150 cm³/mol. The third-order valence-corrected chi connectivity index (χ3v) is 8.54. The summed E-state index contributed by atoms with van der Waals surface area (Å²) in [5.41, 5.74) is 2.92. The second-order valence-electron chi connectivity index (χ2n) is 11.7. The van der Waals surface area contributed by atoms with Crippen molar-refractivity contribution in [3.05, 3.63) is 47.5 Å². The van der Waals surface area contributed by atoms with Gasteiger partial charge >= 0.3 is 0 Å². The molecule has 2 saturated heterocycles. The minimum absolute atomic E-state index is 0.0608. The lowest BCUT2D eigenvalue weighted by atomic mass is 9.91. The Kier molecular flexibility index (Phi) is 7.20. The van der Waals surface area contributed by atoms with Crippen LogP contribution in [0.2, 0.25) is 0 Å². The Morgan fingerprint density at radius 3 is 2.45 bits per heavy atom. The maximum atomic E-state index is 13.2. The van der Waals surface area contributed by atoms with Crippen molar-refractivity contribution in [2.45, 2.75) is 84.7 Å². The summed E-state index contributed by atoms with van der Waals surface area (Å²) >= 11 is 0. The second kappa shape index (κ2) is 10.7. The van der Waals surface area contributed by atoms with Crippen LogP contribution in [0.15, 0.2) is 30.6 Å². The number of rotatable bonds is 7. The summed E-state index contributed by atoms with van der Waals surface area (Å²) in [4.78, 5) is 14.8. The van der Waals surface area contributed by atoms with E-state index in [4.69, 9.17) is 14.7 Å². The van der Waals surface area contributed by atoms with Crippen LogP contribution in [-0.4, -0.2) is 71.9 Å². The Morgan fingerprint density at radius 2 is 1.77 bits per heavy atom. The number of nitrogens with zero attached hydrogens (tertiary/aromatic N) is 8. The van der Waals surface area contributed by atoms with Crippen LogP contribution in [0.5, 0.6) is 0 Å². The molecule has 40 heavy (non-hydrogen) atoms. The zero-order valence-corrected chi connectivity index (χ0v) is 23.8.